The van der Waals surface area contributed by atoms with Crippen LogP contribution in [0.5, 0.6) is 0 Å². The Hall–Kier alpha value is -2.33. The van der Waals surface area contributed by atoms with Crippen molar-refractivity contribution in [2.24, 2.45) is 0 Å². The van der Waals surface area contributed by atoms with Crippen molar-refractivity contribution in [3.05, 3.63) is 34.2 Å². The highest BCUT2D eigenvalue weighted by molar-refractivity contribution is 6.33. The van der Waals surface area contributed by atoms with Gasteiger partial charge in [-0.1, -0.05) is 18.5 Å². The maximum atomic E-state index is 13.8. The zero-order chi connectivity index (χ0) is 25.1. The van der Waals surface area contributed by atoms with Gasteiger partial charge in [-0.05, 0) is 62.5 Å². The van der Waals surface area contributed by atoms with Gasteiger partial charge in [0.15, 0.2) is 11.3 Å². The van der Waals surface area contributed by atoms with Crippen LogP contribution >= 0.6 is 11.6 Å². The van der Waals surface area contributed by atoms with Crippen LogP contribution in [0.3, 0.4) is 0 Å². The van der Waals surface area contributed by atoms with Crippen molar-refractivity contribution >= 4 is 29.1 Å². The first-order chi connectivity index (χ1) is 16.6. The molecular weight excluding hydrogens is 485 g/mol. The number of piperazine rings is 1. The van der Waals surface area contributed by atoms with E-state index in [1.54, 1.807) is 0 Å². The Morgan fingerprint density at radius 1 is 1.20 bits per heavy atom. The fourth-order valence-electron chi connectivity index (χ4n) is 5.45. The van der Waals surface area contributed by atoms with Gasteiger partial charge in [0.25, 0.3) is 5.91 Å². The number of aliphatic hydroxyl groups is 1. The van der Waals surface area contributed by atoms with E-state index in [9.17, 15) is 27.9 Å². The van der Waals surface area contributed by atoms with Crippen LogP contribution in [0, 0.1) is 0 Å². The van der Waals surface area contributed by atoms with Gasteiger partial charge < -0.3 is 14.9 Å². The molecule has 3 aliphatic rings. The zero-order valence-electron chi connectivity index (χ0n) is 19.4. The minimum Gasteiger partial charge on any atom is -0.393 e. The predicted octanol–water partition coefficient (Wildman–Crippen LogP) is 4.25. The van der Waals surface area contributed by atoms with E-state index < -0.39 is 23.3 Å². The van der Waals surface area contributed by atoms with Crippen LogP contribution in [0.1, 0.15) is 79.4 Å². The van der Waals surface area contributed by atoms with Crippen LogP contribution < -0.4 is 0 Å². The quantitative estimate of drug-likeness (QED) is 0.664. The molecule has 190 valence electrons. The van der Waals surface area contributed by atoms with Crippen molar-refractivity contribution in [2.75, 3.05) is 13.1 Å². The van der Waals surface area contributed by atoms with Gasteiger partial charge in [0.05, 0.1) is 11.7 Å². The average Bonchev–Trinajstić information content (AvgIpc) is 3.61. The van der Waals surface area contributed by atoms with Crippen molar-refractivity contribution in [1.29, 1.82) is 0 Å². The van der Waals surface area contributed by atoms with Gasteiger partial charge in [0.2, 0.25) is 5.91 Å². The second-order valence-electron chi connectivity index (χ2n) is 9.92. The Morgan fingerprint density at radius 2 is 1.89 bits per heavy atom. The molecule has 1 unspecified atom stereocenters. The van der Waals surface area contributed by atoms with Crippen molar-refractivity contribution in [3.8, 4) is 0 Å². The summed E-state index contributed by atoms with van der Waals surface area (Å²) in [5, 5.41) is 9.64. The molecule has 0 radical (unpaired) electrons. The zero-order valence-corrected chi connectivity index (χ0v) is 20.1. The predicted molar refractivity (Wildman–Crippen MR) is 122 cm³/mol. The normalized spacial score (nSPS) is 26.0. The summed E-state index contributed by atoms with van der Waals surface area (Å²) in [6.07, 6.45) is 1.46. The Kier molecular flexibility index (Phi) is 6.24. The van der Waals surface area contributed by atoms with Gasteiger partial charge >= 0.3 is 6.18 Å². The molecule has 1 atom stereocenters. The lowest BCUT2D eigenvalue weighted by Crippen LogP contribution is -2.61. The standard InChI is InChI=1S/C24H28ClF3N4O3/c1-2-15-11-30(12-19(34)32(15)16-5-7-17(33)8-6-16)23(35)20-21(25)31-10-14(13-3-4-13)9-18(22(31)29-20)24(26,27)28/h9-10,13,15-17,33H,2-8,11-12H2,1H3. The molecule has 1 N–H and O–H groups in total. The molecule has 0 aromatic carbocycles. The molecule has 3 fully saturated rings. The van der Waals surface area contributed by atoms with Crippen molar-refractivity contribution in [1.82, 2.24) is 19.2 Å². The summed E-state index contributed by atoms with van der Waals surface area (Å²) in [5.41, 5.74) is -1.08. The highest BCUT2D eigenvalue weighted by atomic mass is 35.5. The molecule has 1 saturated heterocycles. The summed E-state index contributed by atoms with van der Waals surface area (Å²) in [7, 11) is 0. The van der Waals surface area contributed by atoms with Gasteiger partial charge in [-0.15, -0.1) is 0 Å². The number of aliphatic hydroxyl groups excluding tert-OH is 1. The van der Waals surface area contributed by atoms with Crippen molar-refractivity contribution in [3.63, 3.8) is 0 Å². The summed E-state index contributed by atoms with van der Waals surface area (Å²) in [4.78, 5) is 33.7. The molecule has 2 amide bonds. The van der Waals surface area contributed by atoms with Crippen LogP contribution in [0.25, 0.3) is 5.65 Å². The highest BCUT2D eigenvalue weighted by Crippen LogP contribution is 2.43. The lowest BCUT2D eigenvalue weighted by Gasteiger charge is -2.46. The molecule has 0 bridgehead atoms. The Labute approximate surface area is 205 Å². The summed E-state index contributed by atoms with van der Waals surface area (Å²) in [5.74, 6) is -0.801. The van der Waals surface area contributed by atoms with Crippen molar-refractivity contribution < 1.29 is 27.9 Å². The molecule has 2 saturated carbocycles. The van der Waals surface area contributed by atoms with Crippen LogP contribution in [0.4, 0.5) is 13.2 Å². The SMILES string of the molecule is CCC1CN(C(=O)c2nc3c(C(F)(F)F)cc(C4CC4)cn3c2Cl)CC(=O)N1C1CCC(O)CC1. The van der Waals surface area contributed by atoms with E-state index in [0.29, 0.717) is 37.7 Å². The van der Waals surface area contributed by atoms with Crippen LogP contribution in [0.2, 0.25) is 5.15 Å². The monoisotopic (exact) mass is 512 g/mol. The number of hydrogen-bond donors (Lipinski definition) is 1. The fourth-order valence-corrected chi connectivity index (χ4v) is 5.70. The molecule has 3 heterocycles. The molecule has 35 heavy (non-hydrogen) atoms. The summed E-state index contributed by atoms with van der Waals surface area (Å²) in [6.45, 7) is 2.01. The number of carbonyl (C=O) groups is 2. The van der Waals surface area contributed by atoms with E-state index >= 15 is 0 Å². The third-order valence-corrected chi connectivity index (χ3v) is 7.86. The minimum atomic E-state index is -4.65. The number of alkyl halides is 3. The van der Waals surface area contributed by atoms with Crippen LogP contribution in [-0.4, -0.2) is 67.4 Å². The number of carbonyl (C=O) groups excluding carboxylic acids is 2. The molecule has 2 aromatic rings. The third-order valence-electron chi connectivity index (χ3n) is 7.50. The number of pyridine rings is 1. The minimum absolute atomic E-state index is 0.0158. The molecular formula is C24H28ClF3N4O3. The summed E-state index contributed by atoms with van der Waals surface area (Å²) >= 11 is 6.43. The van der Waals surface area contributed by atoms with Crippen LogP contribution in [-0.2, 0) is 11.0 Å². The molecule has 1 aliphatic heterocycles. The topological polar surface area (TPSA) is 78.2 Å². The number of imidazole rings is 1. The maximum Gasteiger partial charge on any atom is 0.419 e. The van der Waals surface area contributed by atoms with Gasteiger partial charge in [-0.25, -0.2) is 4.98 Å². The molecule has 2 aromatic heterocycles. The first-order valence-electron chi connectivity index (χ1n) is 12.2. The van der Waals surface area contributed by atoms with Gasteiger partial charge in [0, 0.05) is 24.8 Å². The number of halogens is 4. The second-order valence-corrected chi connectivity index (χ2v) is 10.3. The number of hydrogen-bond acceptors (Lipinski definition) is 4. The van der Waals surface area contributed by atoms with E-state index in [4.69, 9.17) is 11.6 Å². The lowest BCUT2D eigenvalue weighted by molar-refractivity contribution is -0.143. The van der Waals surface area contributed by atoms with E-state index in [1.807, 2.05) is 11.8 Å². The first kappa shape index (κ1) is 24.4. The van der Waals surface area contributed by atoms with E-state index in [2.05, 4.69) is 4.98 Å². The highest BCUT2D eigenvalue weighted by Gasteiger charge is 2.41. The fraction of sp³-hybridized carbons (Fsp3) is 0.625. The largest absolute Gasteiger partial charge is 0.419 e. The molecule has 5 rings (SSSR count). The molecule has 11 heteroatoms. The summed E-state index contributed by atoms with van der Waals surface area (Å²) < 4.78 is 42.6. The Morgan fingerprint density at radius 3 is 2.49 bits per heavy atom. The number of amides is 2. The van der Waals surface area contributed by atoms with Gasteiger partial charge in [0.1, 0.15) is 11.7 Å². The number of aromatic nitrogens is 2. The molecule has 0 spiro atoms. The van der Waals surface area contributed by atoms with Gasteiger partial charge in [-0.2, -0.15) is 13.2 Å². The molecule has 2 aliphatic carbocycles. The number of fused-ring (bicyclic) bond motifs is 1. The average molecular weight is 513 g/mol. The first-order valence-corrected chi connectivity index (χ1v) is 12.5. The van der Waals surface area contributed by atoms with E-state index in [-0.39, 0.29) is 53.9 Å². The summed E-state index contributed by atoms with van der Waals surface area (Å²) in [6, 6.07) is 0.895. The Balaban J connectivity index is 1.44. The third kappa shape index (κ3) is 4.50. The van der Waals surface area contributed by atoms with Crippen LogP contribution in [0.15, 0.2) is 12.3 Å². The molecule has 7 nitrogen and oxygen atoms in total. The van der Waals surface area contributed by atoms with E-state index in [0.717, 1.165) is 23.3 Å². The smallest absolute Gasteiger partial charge is 0.393 e. The van der Waals surface area contributed by atoms with Gasteiger partial charge in [-0.3, -0.25) is 14.0 Å². The Bertz CT molecular complexity index is 1160. The number of nitrogens with zero attached hydrogens (tertiary/aromatic N) is 4. The van der Waals surface area contributed by atoms with Crippen molar-refractivity contribution in [2.45, 2.75) is 82.2 Å². The lowest BCUT2D eigenvalue weighted by atomic mass is 9.90. The second kappa shape index (κ2) is 8.96. The van der Waals surface area contributed by atoms with E-state index in [1.165, 1.54) is 11.1 Å². The maximum absolute atomic E-state index is 13.8. The number of rotatable bonds is 4.